The van der Waals surface area contributed by atoms with Crippen LogP contribution in [-0.4, -0.2) is 23.7 Å². The first-order valence-electron chi connectivity index (χ1n) is 6.75. The number of hydrogen-bond donors (Lipinski definition) is 3. The molecule has 2 unspecified atom stereocenters. The summed E-state index contributed by atoms with van der Waals surface area (Å²) >= 11 is 0. The smallest absolute Gasteiger partial charge is 0.315 e. The molecule has 5 nitrogen and oxygen atoms in total. The lowest BCUT2D eigenvalue weighted by molar-refractivity contribution is 0.146. The van der Waals surface area contributed by atoms with Crippen molar-refractivity contribution in [2.75, 3.05) is 6.54 Å². The normalized spacial score (nSPS) is 23.0. The first-order chi connectivity index (χ1) is 8.99. The Labute approximate surface area is 113 Å². The molecule has 2 rings (SSSR count). The number of hydrogen-bond acceptors (Lipinski definition) is 3. The second-order valence-corrected chi connectivity index (χ2v) is 5.82. The molecule has 1 aromatic heterocycles. The minimum Gasteiger partial charge on any atom is -0.467 e. The van der Waals surface area contributed by atoms with Crippen LogP contribution in [0.15, 0.2) is 22.8 Å². The van der Waals surface area contributed by atoms with Gasteiger partial charge in [0.1, 0.15) is 11.9 Å². The highest BCUT2D eigenvalue weighted by Crippen LogP contribution is 2.37. The van der Waals surface area contributed by atoms with Gasteiger partial charge < -0.3 is 20.2 Å². The van der Waals surface area contributed by atoms with Gasteiger partial charge in [-0.05, 0) is 30.4 Å². The standard InChI is InChI=1S/C14H22N2O3/c1-14(2)7-3-6-12(14)16-13(18)15-9-10(17)11-5-4-8-19-11/h4-5,8,10,12,17H,3,6-7,9H2,1-2H3,(H2,15,16,18). The lowest BCUT2D eigenvalue weighted by atomic mass is 9.87. The van der Waals surface area contributed by atoms with E-state index in [0.717, 1.165) is 19.3 Å². The van der Waals surface area contributed by atoms with Gasteiger partial charge in [0.05, 0.1) is 12.8 Å². The van der Waals surface area contributed by atoms with Gasteiger partial charge in [-0.3, -0.25) is 0 Å². The molecule has 1 aliphatic carbocycles. The van der Waals surface area contributed by atoms with Crippen LogP contribution in [0.25, 0.3) is 0 Å². The Morgan fingerprint density at radius 1 is 1.63 bits per heavy atom. The van der Waals surface area contributed by atoms with E-state index in [2.05, 4.69) is 24.5 Å². The predicted molar refractivity (Wildman–Crippen MR) is 71.6 cm³/mol. The van der Waals surface area contributed by atoms with Crippen molar-refractivity contribution >= 4 is 6.03 Å². The summed E-state index contributed by atoms with van der Waals surface area (Å²) in [5, 5.41) is 15.4. The Balaban J connectivity index is 1.76. The monoisotopic (exact) mass is 266 g/mol. The van der Waals surface area contributed by atoms with E-state index < -0.39 is 6.10 Å². The third-order valence-electron chi connectivity index (χ3n) is 3.89. The fourth-order valence-corrected chi connectivity index (χ4v) is 2.57. The van der Waals surface area contributed by atoms with Crippen LogP contribution in [0.4, 0.5) is 4.79 Å². The second-order valence-electron chi connectivity index (χ2n) is 5.82. The van der Waals surface area contributed by atoms with Gasteiger partial charge >= 0.3 is 6.03 Å². The average molecular weight is 266 g/mol. The van der Waals surface area contributed by atoms with Gasteiger partial charge in [0, 0.05) is 6.04 Å². The first-order valence-corrected chi connectivity index (χ1v) is 6.75. The Morgan fingerprint density at radius 3 is 3.00 bits per heavy atom. The molecule has 3 N–H and O–H groups in total. The lowest BCUT2D eigenvalue weighted by Gasteiger charge is -2.27. The van der Waals surface area contributed by atoms with Crippen LogP contribution in [0.3, 0.4) is 0 Å². The zero-order chi connectivity index (χ0) is 13.9. The van der Waals surface area contributed by atoms with E-state index in [4.69, 9.17) is 4.42 Å². The van der Waals surface area contributed by atoms with Crippen LogP contribution in [0.1, 0.15) is 45.0 Å². The second kappa shape index (κ2) is 5.65. The fraction of sp³-hybridized carbons (Fsp3) is 0.643. The van der Waals surface area contributed by atoms with E-state index in [1.165, 1.54) is 6.26 Å². The Hall–Kier alpha value is -1.49. The van der Waals surface area contributed by atoms with Gasteiger partial charge in [0.15, 0.2) is 0 Å². The topological polar surface area (TPSA) is 74.5 Å². The molecule has 0 spiro atoms. The van der Waals surface area contributed by atoms with Crippen molar-refractivity contribution in [1.82, 2.24) is 10.6 Å². The summed E-state index contributed by atoms with van der Waals surface area (Å²) in [6.45, 7) is 4.48. The van der Waals surface area contributed by atoms with E-state index >= 15 is 0 Å². The Bertz CT molecular complexity index is 414. The van der Waals surface area contributed by atoms with Crippen LogP contribution in [-0.2, 0) is 0 Å². The maximum absolute atomic E-state index is 11.8. The molecular formula is C14H22N2O3. The summed E-state index contributed by atoms with van der Waals surface area (Å²) in [5.41, 5.74) is 0.150. The summed E-state index contributed by atoms with van der Waals surface area (Å²) in [5.74, 6) is 0.460. The highest BCUT2D eigenvalue weighted by atomic mass is 16.4. The van der Waals surface area contributed by atoms with Crippen molar-refractivity contribution in [3.05, 3.63) is 24.2 Å². The molecule has 0 radical (unpaired) electrons. The third kappa shape index (κ3) is 3.50. The number of aliphatic hydroxyl groups excluding tert-OH is 1. The molecular weight excluding hydrogens is 244 g/mol. The van der Waals surface area contributed by atoms with Crippen LogP contribution in [0, 0.1) is 5.41 Å². The molecule has 19 heavy (non-hydrogen) atoms. The van der Waals surface area contributed by atoms with E-state index in [9.17, 15) is 9.90 Å². The van der Waals surface area contributed by atoms with Crippen molar-refractivity contribution in [2.45, 2.75) is 45.3 Å². The summed E-state index contributed by atoms with van der Waals surface area (Å²) in [6.07, 6.45) is 3.98. The molecule has 2 atom stereocenters. The number of carbonyl (C=O) groups excluding carboxylic acids is 1. The molecule has 5 heteroatoms. The van der Waals surface area contributed by atoms with Gasteiger partial charge in [0.25, 0.3) is 0 Å². The first kappa shape index (κ1) is 13.9. The summed E-state index contributed by atoms with van der Waals surface area (Å²) in [4.78, 5) is 11.8. The van der Waals surface area contributed by atoms with Crippen LogP contribution in [0.5, 0.6) is 0 Å². The summed E-state index contributed by atoms with van der Waals surface area (Å²) in [6, 6.07) is 3.36. The van der Waals surface area contributed by atoms with Crippen molar-refractivity contribution < 1.29 is 14.3 Å². The predicted octanol–water partition coefficient (Wildman–Crippen LogP) is 2.19. The molecule has 106 valence electrons. The van der Waals surface area contributed by atoms with Crippen LogP contribution in [0.2, 0.25) is 0 Å². The minimum absolute atomic E-state index is 0.145. The van der Waals surface area contributed by atoms with Crippen molar-refractivity contribution in [3.8, 4) is 0 Å². The Morgan fingerprint density at radius 2 is 2.42 bits per heavy atom. The average Bonchev–Trinajstić information content (AvgIpc) is 2.97. The number of nitrogens with one attached hydrogen (secondary N) is 2. The van der Waals surface area contributed by atoms with Crippen molar-refractivity contribution in [2.24, 2.45) is 5.41 Å². The van der Waals surface area contributed by atoms with Crippen molar-refractivity contribution in [3.63, 3.8) is 0 Å². The van der Waals surface area contributed by atoms with E-state index in [0.29, 0.717) is 5.76 Å². The molecule has 1 fully saturated rings. The zero-order valence-electron chi connectivity index (χ0n) is 11.5. The fourth-order valence-electron chi connectivity index (χ4n) is 2.57. The number of carbonyl (C=O) groups is 1. The lowest BCUT2D eigenvalue weighted by Crippen LogP contribution is -2.47. The zero-order valence-corrected chi connectivity index (χ0v) is 11.5. The molecule has 0 aromatic carbocycles. The highest BCUT2D eigenvalue weighted by molar-refractivity contribution is 5.74. The van der Waals surface area contributed by atoms with Crippen molar-refractivity contribution in [1.29, 1.82) is 0 Å². The summed E-state index contributed by atoms with van der Waals surface area (Å²) in [7, 11) is 0. The van der Waals surface area contributed by atoms with E-state index in [1.807, 2.05) is 0 Å². The molecule has 1 heterocycles. The maximum Gasteiger partial charge on any atom is 0.315 e. The Kier molecular flexibility index (Phi) is 4.14. The van der Waals surface area contributed by atoms with Crippen LogP contribution >= 0.6 is 0 Å². The number of aliphatic hydroxyl groups is 1. The summed E-state index contributed by atoms with van der Waals surface area (Å²) < 4.78 is 5.07. The van der Waals surface area contributed by atoms with E-state index in [1.54, 1.807) is 12.1 Å². The quantitative estimate of drug-likeness (QED) is 0.782. The van der Waals surface area contributed by atoms with E-state index in [-0.39, 0.29) is 24.0 Å². The number of urea groups is 1. The molecule has 0 aliphatic heterocycles. The van der Waals surface area contributed by atoms with Gasteiger partial charge in [0.2, 0.25) is 0 Å². The molecule has 1 saturated carbocycles. The highest BCUT2D eigenvalue weighted by Gasteiger charge is 2.35. The number of furan rings is 1. The molecule has 0 saturated heterocycles. The number of amides is 2. The largest absolute Gasteiger partial charge is 0.467 e. The molecule has 0 bridgehead atoms. The minimum atomic E-state index is -0.808. The molecule has 2 amide bonds. The number of rotatable bonds is 4. The van der Waals surface area contributed by atoms with Gasteiger partial charge in [-0.15, -0.1) is 0 Å². The molecule has 1 aliphatic rings. The third-order valence-corrected chi connectivity index (χ3v) is 3.89. The maximum atomic E-state index is 11.8. The van der Waals surface area contributed by atoms with Crippen LogP contribution < -0.4 is 10.6 Å². The van der Waals surface area contributed by atoms with Gasteiger partial charge in [-0.25, -0.2) is 4.79 Å². The molecule has 1 aromatic rings. The SMILES string of the molecule is CC1(C)CCCC1NC(=O)NCC(O)c1ccco1. The van der Waals surface area contributed by atoms with Gasteiger partial charge in [-0.1, -0.05) is 20.3 Å². The van der Waals surface area contributed by atoms with Gasteiger partial charge in [-0.2, -0.15) is 0 Å².